The van der Waals surface area contributed by atoms with Crippen LogP contribution in [0.3, 0.4) is 0 Å². The summed E-state index contributed by atoms with van der Waals surface area (Å²) in [6, 6.07) is 12.9. The Hall–Kier alpha value is -0.838. The van der Waals surface area contributed by atoms with E-state index in [4.69, 9.17) is 0 Å². The quantitative estimate of drug-likeness (QED) is 0.518. The fourth-order valence-electron chi connectivity index (χ4n) is 0.952. The van der Waals surface area contributed by atoms with Crippen LogP contribution in [0.4, 0.5) is 0 Å². The van der Waals surface area contributed by atoms with Gasteiger partial charge in [0.1, 0.15) is 0 Å². The van der Waals surface area contributed by atoms with Crippen molar-refractivity contribution >= 4 is 28.3 Å². The van der Waals surface area contributed by atoms with E-state index in [1.54, 1.807) is 6.20 Å². The van der Waals surface area contributed by atoms with Gasteiger partial charge in [0.25, 0.3) is 0 Å². The van der Waals surface area contributed by atoms with Gasteiger partial charge in [0, 0.05) is 17.6 Å². The van der Waals surface area contributed by atoms with Crippen molar-refractivity contribution in [3.05, 3.63) is 42.6 Å². The van der Waals surface area contributed by atoms with Crippen molar-refractivity contribution in [1.82, 2.24) is 4.98 Å². The Morgan fingerprint density at radius 1 is 1.18 bits per heavy atom. The maximum Gasteiger partial charge on any atom is 0.187 e. The van der Waals surface area contributed by atoms with E-state index in [2.05, 4.69) is 11.1 Å². The first-order chi connectivity index (χ1) is 4.97. The molecule has 0 saturated heterocycles. The summed E-state index contributed by atoms with van der Waals surface area (Å²) in [6.45, 7) is 0. The van der Waals surface area contributed by atoms with Crippen molar-refractivity contribution in [1.29, 1.82) is 0 Å². The zero-order valence-electron chi connectivity index (χ0n) is 5.41. The van der Waals surface area contributed by atoms with Crippen LogP contribution in [0.2, 0.25) is 0 Å². The Kier molecular flexibility index (Phi) is 2.65. The maximum absolute atomic E-state index is 4.13. The van der Waals surface area contributed by atoms with Crippen molar-refractivity contribution in [2.45, 2.75) is 0 Å². The lowest BCUT2D eigenvalue weighted by Crippen LogP contribution is -1.74. The highest BCUT2D eigenvalue weighted by Gasteiger charge is 1.87. The van der Waals surface area contributed by atoms with Gasteiger partial charge in [-0.3, -0.25) is 4.98 Å². The molecular weight excluding hydrogens is 149 g/mol. The molecule has 0 saturated carbocycles. The molecule has 0 N–H and O–H groups in total. The highest BCUT2D eigenvalue weighted by Crippen LogP contribution is 2.07. The lowest BCUT2D eigenvalue weighted by Gasteiger charge is -1.90. The predicted molar refractivity (Wildman–Crippen MR) is 50.5 cm³/mol. The van der Waals surface area contributed by atoms with Gasteiger partial charge in [-0.05, 0) is 6.07 Å². The van der Waals surface area contributed by atoms with E-state index in [1.165, 1.54) is 0 Å². The standard InChI is InChI=1S/C9H6N.Al.3H/c1-2-6-9-8(4-1)5-3-7-10-9;;;;/h1-5,7H;;;;. The number of para-hydroxylation sites is 1. The molecule has 2 rings (SSSR count). The van der Waals surface area contributed by atoms with Gasteiger partial charge >= 0.3 is 0 Å². The first-order valence-electron chi connectivity index (χ1n) is 3.18. The van der Waals surface area contributed by atoms with Crippen LogP contribution in [0.1, 0.15) is 0 Å². The lowest BCUT2D eigenvalue weighted by atomic mass is 10.2. The summed E-state index contributed by atoms with van der Waals surface area (Å²) in [7, 11) is 0. The summed E-state index contributed by atoms with van der Waals surface area (Å²) in [5.41, 5.74) is 0.935. The molecule has 0 atom stereocenters. The van der Waals surface area contributed by atoms with Gasteiger partial charge in [-0.2, -0.15) is 0 Å². The number of hydrogen-bond acceptors (Lipinski definition) is 1. The van der Waals surface area contributed by atoms with Gasteiger partial charge < -0.3 is 0 Å². The zero-order chi connectivity index (χ0) is 6.81. The lowest BCUT2D eigenvalue weighted by molar-refractivity contribution is 1.41. The number of benzene rings is 1. The van der Waals surface area contributed by atoms with Gasteiger partial charge in [0.05, 0.1) is 5.52 Å². The van der Waals surface area contributed by atoms with Crippen LogP contribution in [0.25, 0.3) is 10.9 Å². The average molecular weight is 158 g/mol. The summed E-state index contributed by atoms with van der Waals surface area (Å²) < 4.78 is 0. The summed E-state index contributed by atoms with van der Waals surface area (Å²) in [6.07, 6.45) is 1.78. The molecule has 0 aliphatic heterocycles. The van der Waals surface area contributed by atoms with E-state index in [0.29, 0.717) is 0 Å². The van der Waals surface area contributed by atoms with Crippen molar-refractivity contribution < 1.29 is 0 Å². The maximum atomic E-state index is 4.13. The molecule has 0 bridgehead atoms. The third-order valence-corrected chi connectivity index (χ3v) is 1.43. The molecule has 1 aromatic heterocycles. The molecule has 1 heterocycles. The minimum Gasteiger partial charge on any atom is -0.256 e. The molecule has 53 valence electrons. The first kappa shape index (κ1) is 8.26. The summed E-state index contributed by atoms with van der Waals surface area (Å²) in [5, 5.41) is 1.14. The Labute approximate surface area is 76.2 Å². The number of pyridine rings is 1. The van der Waals surface area contributed by atoms with E-state index in [0.717, 1.165) is 10.9 Å². The van der Waals surface area contributed by atoms with Gasteiger partial charge in [-0.25, -0.2) is 0 Å². The Balaban J connectivity index is 0.000000605. The van der Waals surface area contributed by atoms with E-state index in [9.17, 15) is 0 Å². The zero-order valence-corrected chi connectivity index (χ0v) is 5.41. The molecule has 1 aromatic carbocycles. The highest BCUT2D eigenvalue weighted by atomic mass is 27.0. The molecule has 1 radical (unpaired) electrons. The molecule has 0 amide bonds. The van der Waals surface area contributed by atoms with Gasteiger partial charge in [-0.1, -0.05) is 24.3 Å². The van der Waals surface area contributed by atoms with Crippen LogP contribution in [-0.4, -0.2) is 22.3 Å². The molecular formula is C9H9AlN. The Bertz CT molecular complexity index is 281. The fraction of sp³-hybridized carbons (Fsp3) is 0. The smallest absolute Gasteiger partial charge is 0.187 e. The van der Waals surface area contributed by atoms with Crippen LogP contribution in [-0.2, 0) is 0 Å². The van der Waals surface area contributed by atoms with Gasteiger partial charge in [0.15, 0.2) is 17.4 Å². The Morgan fingerprint density at radius 3 is 2.82 bits per heavy atom. The van der Waals surface area contributed by atoms with Crippen molar-refractivity contribution in [2.75, 3.05) is 0 Å². The highest BCUT2D eigenvalue weighted by molar-refractivity contribution is 5.77. The number of nitrogens with zero attached hydrogens (tertiary/aromatic N) is 1. The Morgan fingerprint density at radius 2 is 2.00 bits per heavy atom. The number of aromatic nitrogens is 1. The molecule has 11 heavy (non-hydrogen) atoms. The first-order valence-corrected chi connectivity index (χ1v) is 3.18. The third kappa shape index (κ3) is 1.60. The van der Waals surface area contributed by atoms with Crippen LogP contribution in [0, 0.1) is 6.07 Å². The van der Waals surface area contributed by atoms with Crippen LogP contribution in [0.5, 0.6) is 0 Å². The average Bonchev–Trinajstić information content (AvgIpc) is 2.05. The van der Waals surface area contributed by atoms with Gasteiger partial charge in [-0.15, -0.1) is 0 Å². The van der Waals surface area contributed by atoms with E-state index in [-0.39, 0.29) is 17.4 Å². The topological polar surface area (TPSA) is 12.9 Å². The SMILES string of the molecule is [AlH3].[c]1cccc2cccnc12. The molecule has 0 fully saturated rings. The molecule has 0 aliphatic carbocycles. The predicted octanol–water partition coefficient (Wildman–Crippen LogP) is 0.851. The van der Waals surface area contributed by atoms with Gasteiger partial charge in [0.2, 0.25) is 0 Å². The van der Waals surface area contributed by atoms with Crippen LogP contribution >= 0.6 is 0 Å². The van der Waals surface area contributed by atoms with Crippen molar-refractivity contribution in [2.24, 2.45) is 0 Å². The minimum absolute atomic E-state index is 0. The molecule has 2 aromatic rings. The number of hydrogen-bond donors (Lipinski definition) is 0. The monoisotopic (exact) mass is 158 g/mol. The molecule has 0 unspecified atom stereocenters. The van der Waals surface area contributed by atoms with Crippen molar-refractivity contribution in [3.63, 3.8) is 0 Å². The van der Waals surface area contributed by atoms with Crippen LogP contribution in [0.15, 0.2) is 36.5 Å². The van der Waals surface area contributed by atoms with E-state index in [1.807, 2.05) is 30.3 Å². The summed E-state index contributed by atoms with van der Waals surface area (Å²) in [5.74, 6) is 0. The fourth-order valence-corrected chi connectivity index (χ4v) is 0.952. The number of fused-ring (bicyclic) bond motifs is 1. The molecule has 1 nitrogen and oxygen atoms in total. The van der Waals surface area contributed by atoms with Crippen LogP contribution < -0.4 is 0 Å². The second-order valence-corrected chi connectivity index (χ2v) is 2.11. The number of rotatable bonds is 0. The summed E-state index contributed by atoms with van der Waals surface area (Å²) in [4.78, 5) is 4.13. The minimum atomic E-state index is 0. The van der Waals surface area contributed by atoms with E-state index >= 15 is 0 Å². The van der Waals surface area contributed by atoms with Crippen molar-refractivity contribution in [3.8, 4) is 0 Å². The molecule has 0 aliphatic rings. The van der Waals surface area contributed by atoms with E-state index < -0.39 is 0 Å². The molecule has 0 spiro atoms. The molecule has 2 heteroatoms. The summed E-state index contributed by atoms with van der Waals surface area (Å²) >= 11 is 0. The second-order valence-electron chi connectivity index (χ2n) is 2.11. The normalized spacial score (nSPS) is 9.09. The second kappa shape index (κ2) is 3.52. The third-order valence-electron chi connectivity index (χ3n) is 1.43. The largest absolute Gasteiger partial charge is 0.256 e.